The van der Waals surface area contributed by atoms with E-state index >= 15 is 0 Å². The first-order valence-corrected chi connectivity index (χ1v) is 7.52. The molecule has 1 heteroatoms. The highest BCUT2D eigenvalue weighted by Gasteiger charge is 2.10. The first-order valence-electron chi connectivity index (χ1n) is 7.52. The van der Waals surface area contributed by atoms with Gasteiger partial charge >= 0.3 is 0 Å². The van der Waals surface area contributed by atoms with Gasteiger partial charge in [0, 0.05) is 6.04 Å². The maximum Gasteiger partial charge on any atom is 0.0320 e. The fourth-order valence-electron chi connectivity index (χ4n) is 2.23. The van der Waals surface area contributed by atoms with Crippen LogP contribution in [0.1, 0.15) is 76.5 Å². The molecule has 0 bridgehead atoms. The van der Waals surface area contributed by atoms with Crippen LogP contribution >= 0.6 is 0 Å². The SMILES string of the molecule is CCCCC(NCCC)c1ccc(C(C)C)cc1. The molecule has 0 aliphatic carbocycles. The van der Waals surface area contributed by atoms with Gasteiger partial charge in [-0.3, -0.25) is 0 Å². The van der Waals surface area contributed by atoms with Crippen molar-refractivity contribution < 1.29 is 0 Å². The molecule has 0 aliphatic rings. The lowest BCUT2D eigenvalue weighted by molar-refractivity contribution is 0.481. The van der Waals surface area contributed by atoms with Crippen LogP contribution < -0.4 is 5.32 Å². The van der Waals surface area contributed by atoms with Gasteiger partial charge in [-0.15, -0.1) is 0 Å². The zero-order chi connectivity index (χ0) is 13.4. The Bertz CT molecular complexity index is 305. The Morgan fingerprint density at radius 3 is 2.06 bits per heavy atom. The maximum atomic E-state index is 3.67. The van der Waals surface area contributed by atoms with Crippen molar-refractivity contribution in [3.63, 3.8) is 0 Å². The van der Waals surface area contributed by atoms with Gasteiger partial charge in [0.25, 0.3) is 0 Å². The number of unbranched alkanes of at least 4 members (excludes halogenated alkanes) is 1. The van der Waals surface area contributed by atoms with E-state index in [0.29, 0.717) is 12.0 Å². The quantitative estimate of drug-likeness (QED) is 0.678. The summed E-state index contributed by atoms with van der Waals surface area (Å²) in [4.78, 5) is 0. The second-order valence-corrected chi connectivity index (χ2v) is 5.47. The molecule has 0 saturated heterocycles. The Morgan fingerprint density at radius 1 is 0.944 bits per heavy atom. The topological polar surface area (TPSA) is 12.0 Å². The van der Waals surface area contributed by atoms with Gasteiger partial charge in [0.15, 0.2) is 0 Å². The molecule has 1 nitrogen and oxygen atoms in total. The van der Waals surface area contributed by atoms with Crippen LogP contribution in [-0.2, 0) is 0 Å². The van der Waals surface area contributed by atoms with Crippen LogP contribution in [0, 0.1) is 0 Å². The van der Waals surface area contributed by atoms with Crippen molar-refractivity contribution >= 4 is 0 Å². The number of rotatable bonds is 8. The average Bonchev–Trinajstić information content (AvgIpc) is 2.39. The molecule has 1 unspecified atom stereocenters. The molecule has 0 heterocycles. The Morgan fingerprint density at radius 2 is 1.56 bits per heavy atom. The van der Waals surface area contributed by atoms with Crippen LogP contribution in [0.25, 0.3) is 0 Å². The molecule has 0 aliphatic heterocycles. The first-order chi connectivity index (χ1) is 8.69. The molecule has 1 rings (SSSR count). The highest BCUT2D eigenvalue weighted by atomic mass is 14.9. The largest absolute Gasteiger partial charge is 0.310 e. The van der Waals surface area contributed by atoms with Crippen molar-refractivity contribution in [1.29, 1.82) is 0 Å². The fraction of sp³-hybridized carbons (Fsp3) is 0.647. The number of hydrogen-bond acceptors (Lipinski definition) is 1. The van der Waals surface area contributed by atoms with E-state index in [9.17, 15) is 0 Å². The van der Waals surface area contributed by atoms with E-state index in [-0.39, 0.29) is 0 Å². The highest BCUT2D eigenvalue weighted by Crippen LogP contribution is 2.22. The van der Waals surface area contributed by atoms with Gasteiger partial charge in [-0.2, -0.15) is 0 Å². The number of hydrogen-bond donors (Lipinski definition) is 1. The fourth-order valence-corrected chi connectivity index (χ4v) is 2.23. The Hall–Kier alpha value is -0.820. The van der Waals surface area contributed by atoms with Gasteiger partial charge in [-0.05, 0) is 36.4 Å². The molecule has 0 spiro atoms. The van der Waals surface area contributed by atoms with Crippen LogP contribution in [0.5, 0.6) is 0 Å². The first kappa shape index (κ1) is 15.2. The summed E-state index contributed by atoms with van der Waals surface area (Å²) < 4.78 is 0. The van der Waals surface area contributed by atoms with E-state index in [0.717, 1.165) is 6.54 Å². The third-order valence-corrected chi connectivity index (χ3v) is 3.49. The van der Waals surface area contributed by atoms with Crippen molar-refractivity contribution in [3.8, 4) is 0 Å². The molecule has 1 atom stereocenters. The number of benzene rings is 1. The van der Waals surface area contributed by atoms with E-state index in [1.807, 2.05) is 0 Å². The lowest BCUT2D eigenvalue weighted by Gasteiger charge is -2.19. The smallest absolute Gasteiger partial charge is 0.0320 e. The minimum absolute atomic E-state index is 0.533. The van der Waals surface area contributed by atoms with Crippen LogP contribution in [0.15, 0.2) is 24.3 Å². The molecule has 102 valence electrons. The molecule has 1 aromatic rings. The van der Waals surface area contributed by atoms with Crippen molar-refractivity contribution in [1.82, 2.24) is 5.32 Å². The van der Waals surface area contributed by atoms with Crippen LogP contribution in [0.4, 0.5) is 0 Å². The Labute approximate surface area is 113 Å². The lowest BCUT2D eigenvalue weighted by atomic mass is 9.96. The van der Waals surface area contributed by atoms with Gasteiger partial charge < -0.3 is 5.32 Å². The third kappa shape index (κ3) is 4.81. The van der Waals surface area contributed by atoms with Crippen molar-refractivity contribution in [2.24, 2.45) is 0 Å². The van der Waals surface area contributed by atoms with E-state index in [2.05, 4.69) is 57.3 Å². The molecule has 1 aromatic carbocycles. The van der Waals surface area contributed by atoms with Gasteiger partial charge in [0.05, 0.1) is 0 Å². The van der Waals surface area contributed by atoms with Gasteiger partial charge in [-0.1, -0.05) is 64.8 Å². The van der Waals surface area contributed by atoms with Crippen LogP contribution in [0.2, 0.25) is 0 Å². The Balaban J connectivity index is 2.70. The predicted octanol–water partition coefficient (Wildman–Crippen LogP) is 5.04. The second kappa shape index (κ2) is 8.31. The van der Waals surface area contributed by atoms with Gasteiger partial charge in [0.2, 0.25) is 0 Å². The monoisotopic (exact) mass is 247 g/mol. The number of nitrogens with one attached hydrogen (secondary N) is 1. The standard InChI is InChI=1S/C17H29N/c1-5-7-8-17(18-13-6-2)16-11-9-15(10-12-16)14(3)4/h9-12,14,17-18H,5-8,13H2,1-4H3. The zero-order valence-corrected chi connectivity index (χ0v) is 12.5. The Kier molecular flexibility index (Phi) is 7.04. The van der Waals surface area contributed by atoms with Crippen LogP contribution in [-0.4, -0.2) is 6.54 Å². The van der Waals surface area contributed by atoms with E-state index < -0.39 is 0 Å². The normalized spacial score (nSPS) is 12.9. The average molecular weight is 247 g/mol. The molecule has 0 fully saturated rings. The molecule has 0 radical (unpaired) electrons. The van der Waals surface area contributed by atoms with Crippen molar-refractivity contribution in [2.45, 2.75) is 65.3 Å². The molecule has 0 amide bonds. The predicted molar refractivity (Wildman–Crippen MR) is 81.1 cm³/mol. The summed E-state index contributed by atoms with van der Waals surface area (Å²) in [6, 6.07) is 9.71. The molecular weight excluding hydrogens is 218 g/mol. The maximum absolute atomic E-state index is 3.67. The summed E-state index contributed by atoms with van der Waals surface area (Å²) in [5, 5.41) is 3.67. The highest BCUT2D eigenvalue weighted by molar-refractivity contribution is 5.26. The lowest BCUT2D eigenvalue weighted by Crippen LogP contribution is -2.22. The summed E-state index contributed by atoms with van der Waals surface area (Å²) in [6.07, 6.45) is 5.02. The minimum atomic E-state index is 0.533. The second-order valence-electron chi connectivity index (χ2n) is 5.47. The molecule has 1 N–H and O–H groups in total. The molecule has 18 heavy (non-hydrogen) atoms. The van der Waals surface area contributed by atoms with Crippen molar-refractivity contribution in [3.05, 3.63) is 35.4 Å². The van der Waals surface area contributed by atoms with Crippen molar-refractivity contribution in [2.75, 3.05) is 6.54 Å². The molecule has 0 aromatic heterocycles. The van der Waals surface area contributed by atoms with Gasteiger partial charge in [-0.25, -0.2) is 0 Å². The summed E-state index contributed by atoms with van der Waals surface area (Å²) in [5.74, 6) is 0.622. The summed E-state index contributed by atoms with van der Waals surface area (Å²) in [6.45, 7) is 10.1. The summed E-state index contributed by atoms with van der Waals surface area (Å²) in [5.41, 5.74) is 2.88. The van der Waals surface area contributed by atoms with E-state index in [1.54, 1.807) is 0 Å². The van der Waals surface area contributed by atoms with Crippen LogP contribution in [0.3, 0.4) is 0 Å². The van der Waals surface area contributed by atoms with Gasteiger partial charge in [0.1, 0.15) is 0 Å². The summed E-state index contributed by atoms with van der Waals surface area (Å²) in [7, 11) is 0. The zero-order valence-electron chi connectivity index (χ0n) is 12.5. The molecule has 0 saturated carbocycles. The third-order valence-electron chi connectivity index (χ3n) is 3.49. The summed E-state index contributed by atoms with van der Waals surface area (Å²) >= 11 is 0. The van der Waals surface area contributed by atoms with E-state index in [1.165, 1.54) is 36.8 Å². The minimum Gasteiger partial charge on any atom is -0.310 e. The molecular formula is C17H29N. The van der Waals surface area contributed by atoms with E-state index in [4.69, 9.17) is 0 Å².